The highest BCUT2D eigenvalue weighted by Gasteiger charge is 2.13. The van der Waals surface area contributed by atoms with Crippen LogP contribution in [0, 0.1) is 0 Å². The molecule has 2 aromatic carbocycles. The summed E-state index contributed by atoms with van der Waals surface area (Å²) in [6.45, 7) is 5.08. The van der Waals surface area contributed by atoms with Crippen molar-refractivity contribution in [3.63, 3.8) is 0 Å². The van der Waals surface area contributed by atoms with Crippen LogP contribution in [0.1, 0.15) is 19.4 Å². The van der Waals surface area contributed by atoms with Gasteiger partial charge in [-0.25, -0.2) is 0 Å². The number of rotatable bonds is 8. The van der Waals surface area contributed by atoms with Crippen molar-refractivity contribution < 1.29 is 13.9 Å². The van der Waals surface area contributed by atoms with Gasteiger partial charge < -0.3 is 13.9 Å². The number of halogens is 1. The molecule has 0 saturated heterocycles. The average molecular weight is 435 g/mol. The molecule has 0 amide bonds. The summed E-state index contributed by atoms with van der Waals surface area (Å²) in [5.41, 5.74) is 1.98. The van der Waals surface area contributed by atoms with Crippen LogP contribution >= 0.6 is 27.7 Å². The van der Waals surface area contributed by atoms with Crippen LogP contribution in [-0.2, 0) is 5.75 Å². The maximum absolute atomic E-state index is 5.74. The van der Waals surface area contributed by atoms with Gasteiger partial charge in [-0.05, 0) is 43.7 Å². The molecule has 0 N–H and O–H groups in total. The Morgan fingerprint density at radius 1 is 1.00 bits per heavy atom. The van der Waals surface area contributed by atoms with Crippen molar-refractivity contribution in [2.45, 2.75) is 24.8 Å². The van der Waals surface area contributed by atoms with Crippen LogP contribution < -0.4 is 9.47 Å². The van der Waals surface area contributed by atoms with E-state index >= 15 is 0 Å². The van der Waals surface area contributed by atoms with E-state index < -0.39 is 0 Å². The second-order valence-corrected chi connectivity index (χ2v) is 7.07. The standard InChI is InChI=1S/C19H19BrN2O3S/c1-3-23-16-10-14(15(20)11-17(16)24-4-2)12-26-19-22-21-18(25-19)13-8-6-5-7-9-13/h5-11H,3-4,12H2,1-2H3. The summed E-state index contributed by atoms with van der Waals surface area (Å²) in [7, 11) is 0. The van der Waals surface area contributed by atoms with Gasteiger partial charge in [-0.15, -0.1) is 10.2 Å². The molecule has 1 heterocycles. The molecule has 0 bridgehead atoms. The molecule has 26 heavy (non-hydrogen) atoms. The van der Waals surface area contributed by atoms with E-state index in [0.29, 0.717) is 30.1 Å². The molecule has 0 saturated carbocycles. The molecule has 136 valence electrons. The predicted molar refractivity (Wildman–Crippen MR) is 106 cm³/mol. The van der Waals surface area contributed by atoms with Crippen molar-refractivity contribution in [1.82, 2.24) is 10.2 Å². The van der Waals surface area contributed by atoms with E-state index in [0.717, 1.165) is 27.1 Å². The summed E-state index contributed by atoms with van der Waals surface area (Å²) in [6, 6.07) is 13.7. The minimum absolute atomic E-state index is 0.522. The number of benzene rings is 2. The Hall–Kier alpha value is -1.99. The van der Waals surface area contributed by atoms with Crippen LogP contribution in [0.15, 0.2) is 56.6 Å². The molecule has 0 aliphatic heterocycles. The smallest absolute Gasteiger partial charge is 0.277 e. The lowest BCUT2D eigenvalue weighted by molar-refractivity contribution is 0.287. The summed E-state index contributed by atoms with van der Waals surface area (Å²) in [5.74, 6) is 2.67. The zero-order valence-electron chi connectivity index (χ0n) is 14.6. The molecule has 1 aromatic heterocycles. The topological polar surface area (TPSA) is 57.4 Å². The van der Waals surface area contributed by atoms with Gasteiger partial charge in [-0.3, -0.25) is 0 Å². The Balaban J connectivity index is 1.73. The van der Waals surface area contributed by atoms with Gasteiger partial charge in [0.15, 0.2) is 11.5 Å². The average Bonchev–Trinajstić information content (AvgIpc) is 3.13. The number of thioether (sulfide) groups is 1. The second-order valence-electron chi connectivity index (χ2n) is 5.28. The van der Waals surface area contributed by atoms with Gasteiger partial charge in [0.25, 0.3) is 5.22 Å². The van der Waals surface area contributed by atoms with Crippen LogP contribution in [0.4, 0.5) is 0 Å². The van der Waals surface area contributed by atoms with Crippen LogP contribution in [0.5, 0.6) is 11.5 Å². The molecule has 5 nitrogen and oxygen atoms in total. The Morgan fingerprint density at radius 2 is 1.69 bits per heavy atom. The van der Waals surface area contributed by atoms with Crippen LogP contribution in [-0.4, -0.2) is 23.4 Å². The Morgan fingerprint density at radius 3 is 2.38 bits per heavy atom. The van der Waals surface area contributed by atoms with Gasteiger partial charge in [-0.2, -0.15) is 0 Å². The maximum Gasteiger partial charge on any atom is 0.277 e. The molecule has 0 spiro atoms. The molecular weight excluding hydrogens is 416 g/mol. The van der Waals surface area contributed by atoms with Crippen LogP contribution in [0.3, 0.4) is 0 Å². The monoisotopic (exact) mass is 434 g/mol. The SMILES string of the molecule is CCOc1cc(Br)c(CSc2nnc(-c3ccccc3)o2)cc1OCC. The first-order valence-electron chi connectivity index (χ1n) is 8.31. The summed E-state index contributed by atoms with van der Waals surface area (Å²) >= 11 is 5.08. The van der Waals surface area contributed by atoms with E-state index in [1.165, 1.54) is 11.8 Å². The molecule has 0 aliphatic carbocycles. The Kier molecular flexibility index (Phi) is 6.57. The van der Waals surface area contributed by atoms with Gasteiger partial charge in [-0.1, -0.05) is 45.9 Å². The summed E-state index contributed by atoms with van der Waals surface area (Å²) < 4.78 is 18.0. The molecular formula is C19H19BrN2O3S. The number of ether oxygens (including phenoxy) is 2. The number of aromatic nitrogens is 2. The van der Waals surface area contributed by atoms with Crippen molar-refractivity contribution in [3.05, 3.63) is 52.5 Å². The number of nitrogens with zero attached hydrogens (tertiary/aromatic N) is 2. The molecule has 0 unspecified atom stereocenters. The first-order valence-corrected chi connectivity index (χ1v) is 10.1. The maximum atomic E-state index is 5.74. The lowest BCUT2D eigenvalue weighted by Crippen LogP contribution is -1.99. The molecule has 0 atom stereocenters. The first kappa shape index (κ1) is 18.8. The lowest BCUT2D eigenvalue weighted by atomic mass is 10.2. The molecule has 3 rings (SSSR count). The largest absolute Gasteiger partial charge is 0.490 e. The van der Waals surface area contributed by atoms with Crippen molar-refractivity contribution in [2.75, 3.05) is 13.2 Å². The molecule has 3 aromatic rings. The zero-order chi connectivity index (χ0) is 18.4. The molecule has 7 heteroatoms. The van der Waals surface area contributed by atoms with Crippen molar-refractivity contribution in [1.29, 1.82) is 0 Å². The van der Waals surface area contributed by atoms with E-state index in [1.807, 2.05) is 56.3 Å². The summed E-state index contributed by atoms with van der Waals surface area (Å²) in [4.78, 5) is 0. The van der Waals surface area contributed by atoms with Gasteiger partial charge in [0, 0.05) is 15.8 Å². The Bertz CT molecular complexity index is 855. The predicted octanol–water partition coefficient (Wildman–Crippen LogP) is 5.59. The zero-order valence-corrected chi connectivity index (χ0v) is 17.0. The van der Waals surface area contributed by atoms with E-state index in [4.69, 9.17) is 13.9 Å². The molecule has 0 aliphatic rings. The fourth-order valence-electron chi connectivity index (χ4n) is 2.33. The number of hydrogen-bond acceptors (Lipinski definition) is 6. The van der Waals surface area contributed by atoms with E-state index in [-0.39, 0.29) is 0 Å². The highest BCUT2D eigenvalue weighted by atomic mass is 79.9. The van der Waals surface area contributed by atoms with E-state index in [9.17, 15) is 0 Å². The van der Waals surface area contributed by atoms with Gasteiger partial charge >= 0.3 is 0 Å². The highest BCUT2D eigenvalue weighted by molar-refractivity contribution is 9.10. The van der Waals surface area contributed by atoms with Gasteiger partial charge in [0.05, 0.1) is 13.2 Å². The minimum atomic E-state index is 0.522. The van der Waals surface area contributed by atoms with E-state index in [1.54, 1.807) is 0 Å². The van der Waals surface area contributed by atoms with Crippen molar-refractivity contribution in [2.24, 2.45) is 0 Å². The Labute approximate surface area is 165 Å². The first-order chi connectivity index (χ1) is 12.7. The summed E-state index contributed by atoms with van der Waals surface area (Å²) in [5, 5.41) is 8.76. The lowest BCUT2D eigenvalue weighted by Gasteiger charge is -2.13. The molecule has 0 fully saturated rings. The number of hydrogen-bond donors (Lipinski definition) is 0. The van der Waals surface area contributed by atoms with Crippen LogP contribution in [0.25, 0.3) is 11.5 Å². The fourth-order valence-corrected chi connectivity index (χ4v) is 3.73. The van der Waals surface area contributed by atoms with Gasteiger partial charge in [0.2, 0.25) is 5.89 Å². The van der Waals surface area contributed by atoms with Gasteiger partial charge in [0.1, 0.15) is 0 Å². The molecule has 0 radical (unpaired) electrons. The highest BCUT2D eigenvalue weighted by Crippen LogP contribution is 2.36. The minimum Gasteiger partial charge on any atom is -0.490 e. The van der Waals surface area contributed by atoms with Crippen molar-refractivity contribution in [3.8, 4) is 23.0 Å². The third kappa shape index (κ3) is 4.59. The normalized spacial score (nSPS) is 10.7. The quantitative estimate of drug-likeness (QED) is 0.430. The van der Waals surface area contributed by atoms with E-state index in [2.05, 4.69) is 26.1 Å². The van der Waals surface area contributed by atoms with Crippen LogP contribution in [0.2, 0.25) is 0 Å². The fraction of sp³-hybridized carbons (Fsp3) is 0.263. The third-order valence-corrected chi connectivity index (χ3v) is 5.10. The second kappa shape index (κ2) is 9.09. The van der Waals surface area contributed by atoms with Crippen molar-refractivity contribution >= 4 is 27.7 Å². The third-order valence-electron chi connectivity index (χ3n) is 3.49. The summed E-state index contributed by atoms with van der Waals surface area (Å²) in [6.07, 6.45) is 0.